The van der Waals surface area contributed by atoms with E-state index in [9.17, 15) is 24.1 Å². The fourth-order valence-corrected chi connectivity index (χ4v) is 1.87. The van der Waals surface area contributed by atoms with Crippen molar-refractivity contribution in [3.05, 3.63) is 64.0 Å². The molecule has 0 aliphatic carbocycles. The predicted octanol–water partition coefficient (Wildman–Crippen LogP) is 2.56. The molecular weight excluding hydrogens is 307 g/mol. The van der Waals surface area contributed by atoms with Gasteiger partial charge in [-0.2, -0.15) is 0 Å². The van der Waals surface area contributed by atoms with Gasteiger partial charge in [0, 0.05) is 17.8 Å². The van der Waals surface area contributed by atoms with E-state index < -0.39 is 22.4 Å². The molecule has 7 nitrogen and oxygen atoms in total. The standard InChI is InChI=1S/C15H11FN2O5/c1-23-13-6-5-9(16)7-12(13)14(19)15(20)17-10-3-2-4-11(8-10)18(21)22/h2-8H,1H3,(H,17,20). The maximum atomic E-state index is 13.3. The molecule has 2 aromatic carbocycles. The van der Waals surface area contributed by atoms with Crippen LogP contribution in [0.5, 0.6) is 5.75 Å². The Morgan fingerprint density at radius 2 is 1.96 bits per heavy atom. The molecular formula is C15H11FN2O5. The Labute approximate surface area is 129 Å². The minimum absolute atomic E-state index is 0.0468. The van der Waals surface area contributed by atoms with Crippen molar-refractivity contribution in [2.45, 2.75) is 0 Å². The molecule has 0 fully saturated rings. The van der Waals surface area contributed by atoms with Crippen molar-refractivity contribution in [1.29, 1.82) is 0 Å². The third kappa shape index (κ3) is 3.67. The lowest BCUT2D eigenvalue weighted by molar-refractivity contribution is -0.384. The molecule has 0 spiro atoms. The Hall–Kier alpha value is -3.29. The summed E-state index contributed by atoms with van der Waals surface area (Å²) in [6.45, 7) is 0. The molecule has 0 unspecified atom stereocenters. The summed E-state index contributed by atoms with van der Waals surface area (Å²) in [4.78, 5) is 34.1. The highest BCUT2D eigenvalue weighted by Gasteiger charge is 2.21. The van der Waals surface area contributed by atoms with Crippen LogP contribution in [0.3, 0.4) is 0 Å². The number of anilines is 1. The highest BCUT2D eigenvalue weighted by atomic mass is 19.1. The molecule has 0 saturated carbocycles. The van der Waals surface area contributed by atoms with Gasteiger partial charge in [-0.15, -0.1) is 0 Å². The molecule has 0 aliphatic rings. The van der Waals surface area contributed by atoms with E-state index in [2.05, 4.69) is 5.32 Å². The second kappa shape index (κ2) is 6.65. The number of Topliss-reactive ketones (excluding diaryl/α,β-unsaturated/α-hetero) is 1. The van der Waals surface area contributed by atoms with E-state index in [1.54, 1.807) is 0 Å². The van der Waals surface area contributed by atoms with Crippen molar-refractivity contribution in [2.24, 2.45) is 0 Å². The van der Waals surface area contributed by atoms with E-state index in [-0.39, 0.29) is 22.7 Å². The van der Waals surface area contributed by atoms with Crippen LogP contribution >= 0.6 is 0 Å². The van der Waals surface area contributed by atoms with Crippen LogP contribution in [0.2, 0.25) is 0 Å². The van der Waals surface area contributed by atoms with Gasteiger partial charge in [-0.1, -0.05) is 6.07 Å². The fraction of sp³-hybridized carbons (Fsp3) is 0.0667. The summed E-state index contributed by atoms with van der Waals surface area (Å²) < 4.78 is 18.2. The van der Waals surface area contributed by atoms with Gasteiger partial charge < -0.3 is 10.1 Å². The lowest BCUT2D eigenvalue weighted by atomic mass is 10.1. The summed E-state index contributed by atoms with van der Waals surface area (Å²) in [5.41, 5.74) is -0.401. The molecule has 2 rings (SSSR count). The fourth-order valence-electron chi connectivity index (χ4n) is 1.87. The zero-order valence-electron chi connectivity index (χ0n) is 11.9. The SMILES string of the molecule is COc1ccc(F)cc1C(=O)C(=O)Nc1cccc([N+](=O)[O-])c1. The van der Waals surface area contributed by atoms with Crippen molar-refractivity contribution in [3.8, 4) is 5.75 Å². The van der Waals surface area contributed by atoms with Gasteiger partial charge in [0.05, 0.1) is 17.6 Å². The number of non-ortho nitro benzene ring substituents is 1. The minimum Gasteiger partial charge on any atom is -0.496 e. The number of nitro benzene ring substituents is 1. The summed E-state index contributed by atoms with van der Waals surface area (Å²) in [6.07, 6.45) is 0. The molecule has 0 aliphatic heterocycles. The number of ketones is 1. The molecule has 1 N–H and O–H groups in total. The summed E-state index contributed by atoms with van der Waals surface area (Å²) in [6, 6.07) is 8.30. The van der Waals surface area contributed by atoms with E-state index in [1.807, 2.05) is 0 Å². The van der Waals surface area contributed by atoms with Gasteiger partial charge in [-0.25, -0.2) is 4.39 Å². The number of carbonyl (C=O) groups excluding carboxylic acids is 2. The number of ether oxygens (including phenoxy) is 1. The Bertz CT molecular complexity index is 791. The van der Waals surface area contributed by atoms with Crippen LogP contribution in [0.15, 0.2) is 42.5 Å². The number of hydrogen-bond acceptors (Lipinski definition) is 5. The third-order valence-corrected chi connectivity index (χ3v) is 2.93. The van der Waals surface area contributed by atoms with Gasteiger partial charge >= 0.3 is 0 Å². The van der Waals surface area contributed by atoms with E-state index in [1.165, 1.54) is 31.4 Å². The average molecular weight is 318 g/mol. The topological polar surface area (TPSA) is 98.5 Å². The zero-order valence-corrected chi connectivity index (χ0v) is 11.9. The second-order valence-corrected chi connectivity index (χ2v) is 4.44. The molecule has 0 heterocycles. The van der Waals surface area contributed by atoms with Crippen LogP contribution in [0.1, 0.15) is 10.4 Å². The molecule has 0 bridgehead atoms. The van der Waals surface area contributed by atoms with Gasteiger partial charge in [0.1, 0.15) is 11.6 Å². The quantitative estimate of drug-likeness (QED) is 0.395. The summed E-state index contributed by atoms with van der Waals surface area (Å²) in [5.74, 6) is -2.73. The Morgan fingerprint density at radius 1 is 1.22 bits per heavy atom. The smallest absolute Gasteiger partial charge is 0.296 e. The Kier molecular flexibility index (Phi) is 4.65. The molecule has 0 aromatic heterocycles. The number of carbonyl (C=O) groups is 2. The van der Waals surface area contributed by atoms with E-state index in [0.717, 1.165) is 18.2 Å². The van der Waals surface area contributed by atoms with E-state index >= 15 is 0 Å². The Balaban J connectivity index is 2.24. The molecule has 23 heavy (non-hydrogen) atoms. The lowest BCUT2D eigenvalue weighted by Gasteiger charge is -2.08. The van der Waals surface area contributed by atoms with Crippen LogP contribution < -0.4 is 10.1 Å². The summed E-state index contributed by atoms with van der Waals surface area (Å²) in [7, 11) is 1.28. The van der Waals surface area contributed by atoms with Crippen molar-refractivity contribution >= 4 is 23.1 Å². The van der Waals surface area contributed by atoms with Crippen LogP contribution in [0.4, 0.5) is 15.8 Å². The van der Waals surface area contributed by atoms with Crippen LogP contribution in [-0.2, 0) is 4.79 Å². The number of nitrogens with one attached hydrogen (secondary N) is 1. The van der Waals surface area contributed by atoms with Gasteiger partial charge in [-0.3, -0.25) is 19.7 Å². The molecule has 2 aromatic rings. The lowest BCUT2D eigenvalue weighted by Crippen LogP contribution is -2.23. The number of nitro groups is 1. The normalized spacial score (nSPS) is 10.0. The molecule has 0 saturated heterocycles. The average Bonchev–Trinajstić information content (AvgIpc) is 2.54. The first-order valence-electron chi connectivity index (χ1n) is 6.36. The molecule has 0 radical (unpaired) electrons. The van der Waals surface area contributed by atoms with E-state index in [4.69, 9.17) is 4.74 Å². The largest absolute Gasteiger partial charge is 0.496 e. The van der Waals surface area contributed by atoms with Gasteiger partial charge in [0.15, 0.2) is 0 Å². The van der Waals surface area contributed by atoms with Gasteiger partial charge in [-0.05, 0) is 24.3 Å². The maximum absolute atomic E-state index is 13.3. The predicted molar refractivity (Wildman–Crippen MR) is 79.0 cm³/mol. The van der Waals surface area contributed by atoms with Crippen LogP contribution in [-0.4, -0.2) is 23.7 Å². The van der Waals surface area contributed by atoms with Crippen molar-refractivity contribution < 1.29 is 23.6 Å². The van der Waals surface area contributed by atoms with Crippen molar-refractivity contribution in [3.63, 3.8) is 0 Å². The number of nitrogens with zero attached hydrogens (tertiary/aromatic N) is 1. The maximum Gasteiger partial charge on any atom is 0.296 e. The van der Waals surface area contributed by atoms with Gasteiger partial charge in [0.25, 0.3) is 17.4 Å². The van der Waals surface area contributed by atoms with Crippen molar-refractivity contribution in [1.82, 2.24) is 0 Å². The van der Waals surface area contributed by atoms with Crippen LogP contribution in [0.25, 0.3) is 0 Å². The number of benzene rings is 2. The number of methoxy groups -OCH3 is 1. The molecule has 0 atom stereocenters. The first-order valence-corrected chi connectivity index (χ1v) is 6.36. The monoisotopic (exact) mass is 318 g/mol. The number of halogens is 1. The van der Waals surface area contributed by atoms with Gasteiger partial charge in [0.2, 0.25) is 0 Å². The van der Waals surface area contributed by atoms with Crippen molar-refractivity contribution in [2.75, 3.05) is 12.4 Å². The summed E-state index contributed by atoms with van der Waals surface area (Å²) in [5, 5.41) is 12.9. The highest BCUT2D eigenvalue weighted by Crippen LogP contribution is 2.21. The first-order chi connectivity index (χ1) is 10.9. The Morgan fingerprint density at radius 3 is 2.61 bits per heavy atom. The number of rotatable bonds is 5. The summed E-state index contributed by atoms with van der Waals surface area (Å²) >= 11 is 0. The first kappa shape index (κ1) is 16.1. The van der Waals surface area contributed by atoms with Crippen LogP contribution in [0, 0.1) is 15.9 Å². The zero-order chi connectivity index (χ0) is 17.0. The molecule has 1 amide bonds. The molecule has 8 heteroatoms. The highest BCUT2D eigenvalue weighted by molar-refractivity contribution is 6.47. The third-order valence-electron chi connectivity index (χ3n) is 2.93. The minimum atomic E-state index is -1.06. The second-order valence-electron chi connectivity index (χ2n) is 4.44. The van der Waals surface area contributed by atoms with E-state index in [0.29, 0.717) is 0 Å². The molecule has 118 valence electrons. The number of hydrogen-bond donors (Lipinski definition) is 1. The number of amides is 1.